The maximum atomic E-state index is 12.3. The maximum Gasteiger partial charge on any atom is 0.193 e. The van der Waals surface area contributed by atoms with Crippen LogP contribution in [0.1, 0.15) is 25.5 Å². The van der Waals surface area contributed by atoms with Crippen LogP contribution in [0.5, 0.6) is 0 Å². The van der Waals surface area contributed by atoms with Crippen LogP contribution < -0.4 is 0 Å². The molecule has 3 heterocycles. The third-order valence-corrected chi connectivity index (χ3v) is 4.29. The van der Waals surface area contributed by atoms with Crippen molar-refractivity contribution in [3.63, 3.8) is 0 Å². The first-order valence-electron chi connectivity index (χ1n) is 6.33. The van der Waals surface area contributed by atoms with Crippen molar-refractivity contribution in [2.75, 3.05) is 6.61 Å². The van der Waals surface area contributed by atoms with Crippen molar-refractivity contribution in [2.24, 2.45) is 5.92 Å². The zero-order chi connectivity index (χ0) is 12.5. The van der Waals surface area contributed by atoms with Crippen molar-refractivity contribution in [1.29, 1.82) is 0 Å². The maximum absolute atomic E-state index is 12.3. The average Bonchev–Trinajstić information content (AvgIpc) is 3.02. The molecule has 0 N–H and O–H groups in total. The second-order valence-electron chi connectivity index (χ2n) is 4.68. The number of carbonyl (C=O) groups excluding carboxylic acids is 1. The molecule has 0 saturated carbocycles. The van der Waals surface area contributed by atoms with Gasteiger partial charge in [-0.05, 0) is 12.8 Å². The lowest BCUT2D eigenvalue weighted by Crippen LogP contribution is -2.25. The van der Waals surface area contributed by atoms with Gasteiger partial charge in [-0.25, -0.2) is 4.98 Å². The first-order valence-corrected chi connectivity index (χ1v) is 7.21. The van der Waals surface area contributed by atoms with Gasteiger partial charge in [0.05, 0.1) is 18.2 Å². The number of hydrogen-bond donors (Lipinski definition) is 0. The summed E-state index contributed by atoms with van der Waals surface area (Å²) < 4.78 is 7.54. The van der Waals surface area contributed by atoms with Crippen molar-refractivity contribution >= 4 is 22.1 Å². The molecule has 0 radical (unpaired) electrons. The molecule has 2 unspecified atom stereocenters. The lowest BCUT2D eigenvalue weighted by molar-refractivity contribution is -0.123. The quantitative estimate of drug-likeness (QED) is 0.851. The fourth-order valence-electron chi connectivity index (χ4n) is 2.59. The molecule has 1 saturated heterocycles. The average molecular weight is 264 g/mol. The van der Waals surface area contributed by atoms with E-state index in [0.717, 1.165) is 23.5 Å². The normalized spacial score (nSPS) is 23.8. The first kappa shape index (κ1) is 11.9. The van der Waals surface area contributed by atoms with E-state index < -0.39 is 0 Å². The van der Waals surface area contributed by atoms with E-state index in [1.165, 1.54) is 0 Å². The predicted octanol–water partition coefficient (Wildman–Crippen LogP) is 2.32. The summed E-state index contributed by atoms with van der Waals surface area (Å²) >= 11 is 1.59. The molecule has 2 aromatic rings. The SMILES string of the molecule is CCC1OCCC1C(=O)Cc1cn2ccsc2n1. The van der Waals surface area contributed by atoms with Gasteiger partial charge in [0.15, 0.2) is 4.96 Å². The Morgan fingerprint density at radius 2 is 2.56 bits per heavy atom. The van der Waals surface area contributed by atoms with Crippen LogP contribution in [0.4, 0.5) is 0 Å². The zero-order valence-electron chi connectivity index (χ0n) is 10.3. The highest BCUT2D eigenvalue weighted by molar-refractivity contribution is 7.15. The van der Waals surface area contributed by atoms with E-state index in [1.54, 1.807) is 11.3 Å². The number of thiazole rings is 1. The first-order chi connectivity index (χ1) is 8.78. The minimum absolute atomic E-state index is 0.0646. The third-order valence-electron chi connectivity index (χ3n) is 3.52. The summed E-state index contributed by atoms with van der Waals surface area (Å²) in [6.45, 7) is 2.79. The van der Waals surface area contributed by atoms with Gasteiger partial charge in [-0.15, -0.1) is 11.3 Å². The number of Topliss-reactive ketones (excluding diaryl/α,β-unsaturated/α-hetero) is 1. The van der Waals surface area contributed by atoms with Gasteiger partial charge in [-0.3, -0.25) is 9.20 Å². The number of aromatic nitrogens is 2. The van der Waals surface area contributed by atoms with Crippen LogP contribution in [0, 0.1) is 5.92 Å². The molecular weight excluding hydrogens is 248 g/mol. The molecule has 0 aliphatic carbocycles. The number of rotatable bonds is 4. The van der Waals surface area contributed by atoms with Crippen LogP contribution in [0.15, 0.2) is 17.8 Å². The third kappa shape index (κ3) is 2.08. The molecule has 0 amide bonds. The van der Waals surface area contributed by atoms with Crippen molar-refractivity contribution < 1.29 is 9.53 Å². The second kappa shape index (κ2) is 4.82. The van der Waals surface area contributed by atoms with E-state index in [9.17, 15) is 4.79 Å². The van der Waals surface area contributed by atoms with Crippen LogP contribution in [0.2, 0.25) is 0 Å². The summed E-state index contributed by atoms with van der Waals surface area (Å²) in [6, 6.07) is 0. The molecule has 3 rings (SSSR count). The topological polar surface area (TPSA) is 43.6 Å². The molecule has 0 bridgehead atoms. The Morgan fingerprint density at radius 3 is 3.33 bits per heavy atom. The number of ketones is 1. The van der Waals surface area contributed by atoms with E-state index in [-0.39, 0.29) is 17.8 Å². The summed E-state index contributed by atoms with van der Waals surface area (Å²) in [6.07, 6.45) is 6.23. The fraction of sp³-hybridized carbons (Fsp3) is 0.538. The summed E-state index contributed by atoms with van der Waals surface area (Å²) in [7, 11) is 0. The Kier molecular flexibility index (Phi) is 3.18. The molecular formula is C13H16N2O2S. The van der Waals surface area contributed by atoms with Crippen molar-refractivity contribution in [3.8, 4) is 0 Å². The van der Waals surface area contributed by atoms with Gasteiger partial charge in [0.2, 0.25) is 0 Å². The molecule has 2 atom stereocenters. The number of hydrogen-bond acceptors (Lipinski definition) is 4. The van der Waals surface area contributed by atoms with Gasteiger partial charge in [0.1, 0.15) is 5.78 Å². The van der Waals surface area contributed by atoms with Gasteiger partial charge in [0, 0.05) is 30.3 Å². The minimum Gasteiger partial charge on any atom is -0.377 e. The van der Waals surface area contributed by atoms with E-state index in [0.29, 0.717) is 13.0 Å². The Morgan fingerprint density at radius 1 is 1.67 bits per heavy atom. The van der Waals surface area contributed by atoms with Gasteiger partial charge < -0.3 is 4.74 Å². The van der Waals surface area contributed by atoms with Gasteiger partial charge in [0.25, 0.3) is 0 Å². The highest BCUT2D eigenvalue weighted by Crippen LogP contribution is 2.25. The smallest absolute Gasteiger partial charge is 0.193 e. The minimum atomic E-state index is 0.0646. The predicted molar refractivity (Wildman–Crippen MR) is 69.9 cm³/mol. The highest BCUT2D eigenvalue weighted by atomic mass is 32.1. The van der Waals surface area contributed by atoms with Gasteiger partial charge in [-0.1, -0.05) is 6.92 Å². The van der Waals surface area contributed by atoms with E-state index >= 15 is 0 Å². The molecule has 1 aliphatic rings. The zero-order valence-corrected chi connectivity index (χ0v) is 11.2. The van der Waals surface area contributed by atoms with Crippen molar-refractivity contribution in [1.82, 2.24) is 9.38 Å². The number of imidazole rings is 1. The summed E-state index contributed by atoms with van der Waals surface area (Å²) in [5, 5.41) is 1.99. The fourth-order valence-corrected chi connectivity index (χ4v) is 3.31. The molecule has 1 aliphatic heterocycles. The molecule has 5 heteroatoms. The van der Waals surface area contributed by atoms with E-state index in [2.05, 4.69) is 11.9 Å². The van der Waals surface area contributed by atoms with Crippen LogP contribution >= 0.6 is 11.3 Å². The molecule has 18 heavy (non-hydrogen) atoms. The Balaban J connectivity index is 1.72. The van der Waals surface area contributed by atoms with Crippen molar-refractivity contribution in [3.05, 3.63) is 23.5 Å². The highest BCUT2D eigenvalue weighted by Gasteiger charge is 2.32. The second-order valence-corrected chi connectivity index (χ2v) is 5.55. The van der Waals surface area contributed by atoms with Gasteiger partial charge >= 0.3 is 0 Å². The number of fused-ring (bicyclic) bond motifs is 1. The number of nitrogens with zero attached hydrogens (tertiary/aromatic N) is 2. The Hall–Kier alpha value is -1.20. The monoisotopic (exact) mass is 264 g/mol. The molecule has 2 aromatic heterocycles. The molecule has 1 fully saturated rings. The summed E-state index contributed by atoms with van der Waals surface area (Å²) in [5.74, 6) is 0.333. The van der Waals surface area contributed by atoms with Gasteiger partial charge in [-0.2, -0.15) is 0 Å². The Labute approximate surface area is 110 Å². The molecule has 0 aromatic carbocycles. The molecule has 4 nitrogen and oxygen atoms in total. The molecule has 96 valence electrons. The van der Waals surface area contributed by atoms with E-state index in [4.69, 9.17) is 4.74 Å². The van der Waals surface area contributed by atoms with Crippen LogP contribution in [0.25, 0.3) is 4.96 Å². The number of carbonyl (C=O) groups is 1. The van der Waals surface area contributed by atoms with Crippen LogP contribution in [0.3, 0.4) is 0 Å². The summed E-state index contributed by atoms with van der Waals surface area (Å²) in [4.78, 5) is 17.7. The lowest BCUT2D eigenvalue weighted by Gasteiger charge is -2.14. The van der Waals surface area contributed by atoms with E-state index in [1.807, 2.05) is 22.2 Å². The van der Waals surface area contributed by atoms with Crippen LogP contribution in [-0.2, 0) is 16.0 Å². The lowest BCUT2D eigenvalue weighted by atomic mass is 9.92. The van der Waals surface area contributed by atoms with Crippen LogP contribution in [-0.4, -0.2) is 27.9 Å². The standard InChI is InChI=1S/C13H16N2O2S/c1-2-12-10(3-5-17-12)11(16)7-9-8-15-4-6-18-13(15)14-9/h4,6,8,10,12H,2-3,5,7H2,1H3. The Bertz CT molecular complexity index is 532. The number of ether oxygens (including phenoxy) is 1. The van der Waals surface area contributed by atoms with Crippen molar-refractivity contribution in [2.45, 2.75) is 32.3 Å². The summed E-state index contributed by atoms with van der Waals surface area (Å²) in [5.41, 5.74) is 0.869. The largest absolute Gasteiger partial charge is 0.377 e. The molecule has 0 spiro atoms.